The molecule has 0 spiro atoms. The lowest BCUT2D eigenvalue weighted by atomic mass is 9.64. The maximum Gasteiger partial charge on any atom is 0.158 e. The molecule has 0 bridgehead atoms. The molecule has 46 heavy (non-hydrogen) atoms. The molecule has 14 radical (unpaired) electrons. The molecule has 0 aliphatic rings. The average Bonchev–Trinajstić information content (AvgIpc) is 3.82. The highest BCUT2D eigenvalue weighted by molar-refractivity contribution is 6.69. The summed E-state index contributed by atoms with van der Waals surface area (Å²) in [6.07, 6.45) is 0. The summed E-state index contributed by atoms with van der Waals surface area (Å²) in [5.41, 5.74) is 7.88. The van der Waals surface area contributed by atoms with Crippen molar-refractivity contribution in [2.75, 3.05) is 0 Å². The highest BCUT2D eigenvalue weighted by atomic mass is 16.3. The van der Waals surface area contributed by atoms with Crippen molar-refractivity contribution in [3.63, 3.8) is 0 Å². The first kappa shape index (κ1) is 26.4. The van der Waals surface area contributed by atoms with Crippen molar-refractivity contribution >= 4 is 175 Å². The molecular weight excluding hydrogens is 552 g/mol. The highest BCUT2D eigenvalue weighted by Gasteiger charge is 2.26. The van der Waals surface area contributed by atoms with Crippen molar-refractivity contribution in [1.29, 1.82) is 0 Å². The number of aromatic nitrogens is 2. The molecule has 4 aromatic heterocycles. The largest absolute Gasteiger partial charge is 0.455 e. The second-order valence-electron chi connectivity index (χ2n) is 12.0. The Bertz CT molecular complexity index is 3010. The van der Waals surface area contributed by atoms with Gasteiger partial charge in [-0.1, -0.05) is 76.4 Å². The molecule has 0 saturated carbocycles. The summed E-state index contributed by atoms with van der Waals surface area (Å²) >= 11 is 0. The molecule has 194 valence electrons. The van der Waals surface area contributed by atoms with Crippen molar-refractivity contribution in [3.8, 4) is 5.69 Å². The van der Waals surface area contributed by atoms with Gasteiger partial charge in [-0.05, 0) is 24.3 Å². The van der Waals surface area contributed by atoms with Gasteiger partial charge in [-0.15, -0.1) is 16.4 Å². The van der Waals surface area contributed by atoms with Gasteiger partial charge in [0.05, 0.1) is 33.3 Å². The summed E-state index contributed by atoms with van der Waals surface area (Å²) in [7, 11) is 45.6. The van der Waals surface area contributed by atoms with Crippen LogP contribution in [-0.4, -0.2) is 63.9 Å². The van der Waals surface area contributed by atoms with E-state index < -0.39 is 0 Å². The van der Waals surface area contributed by atoms with Gasteiger partial charge in [-0.3, -0.25) is 0 Å². The normalized spacial score (nSPS) is 12.5. The summed E-state index contributed by atoms with van der Waals surface area (Å²) in [5, 5.41) is 7.82. The summed E-state index contributed by atoms with van der Waals surface area (Å²) in [6, 6.07) is 27.6. The highest BCUT2D eigenvalue weighted by Crippen LogP contribution is 2.45. The third kappa shape index (κ3) is 2.91. The second kappa shape index (κ2) is 8.70. The van der Waals surface area contributed by atoms with Gasteiger partial charge in [0.2, 0.25) is 0 Å². The molecule has 0 atom stereocenters. The molecule has 0 aliphatic heterocycles. The first-order valence-corrected chi connectivity index (χ1v) is 14.8. The lowest BCUT2D eigenvalue weighted by molar-refractivity contribution is 0.670. The Morgan fingerprint density at radius 3 is 1.74 bits per heavy atom. The fourth-order valence-electron chi connectivity index (χ4n) is 7.82. The fourth-order valence-corrected chi connectivity index (χ4v) is 7.82. The van der Waals surface area contributed by atoms with E-state index in [-0.39, 0.29) is 43.8 Å². The number of fused-ring (bicyclic) bond motifs is 13. The Hall–Kier alpha value is -4.83. The molecule has 10 rings (SSSR count). The van der Waals surface area contributed by atoms with Gasteiger partial charge in [-0.2, -0.15) is 0 Å². The second-order valence-corrected chi connectivity index (χ2v) is 12.0. The zero-order valence-corrected chi connectivity index (χ0v) is 24.3. The minimum atomic E-state index is 0.142. The number of furan rings is 1. The predicted molar refractivity (Wildman–Crippen MR) is 200 cm³/mol. The van der Waals surface area contributed by atoms with Gasteiger partial charge in [0, 0.05) is 43.1 Å². The third-order valence-corrected chi connectivity index (χ3v) is 9.86. The van der Waals surface area contributed by atoms with Crippen LogP contribution in [0.2, 0.25) is 0 Å². The molecule has 0 saturated heterocycles. The number of hydrogen-bond acceptors (Lipinski definition) is 1. The zero-order chi connectivity index (χ0) is 31.3. The average molecular weight is 565 g/mol. The van der Waals surface area contributed by atoms with E-state index in [9.17, 15) is 0 Å². The molecule has 6 aromatic carbocycles. The van der Waals surface area contributed by atoms with Crippen molar-refractivity contribution in [2.24, 2.45) is 0 Å². The van der Waals surface area contributed by atoms with Crippen LogP contribution in [0.3, 0.4) is 0 Å². The van der Waals surface area contributed by atoms with E-state index >= 15 is 0 Å². The monoisotopic (exact) mass is 566 g/mol. The zero-order valence-electron chi connectivity index (χ0n) is 24.3. The first-order valence-electron chi connectivity index (χ1n) is 14.8. The lowest BCUT2D eigenvalue weighted by Gasteiger charge is -2.18. The summed E-state index contributed by atoms with van der Waals surface area (Å²) in [5.74, 6) is 0. The molecule has 0 N–H and O–H groups in total. The van der Waals surface area contributed by atoms with Crippen LogP contribution in [0, 0.1) is 0 Å². The molecule has 10 aromatic rings. The Kier molecular flexibility index (Phi) is 4.99. The Balaban J connectivity index is 1.45. The number of nitrogens with zero attached hydrogens (tertiary/aromatic N) is 2. The molecule has 3 nitrogen and oxygen atoms in total. The smallest absolute Gasteiger partial charge is 0.158 e. The van der Waals surface area contributed by atoms with E-state index in [0.717, 1.165) is 32.7 Å². The van der Waals surface area contributed by atoms with Gasteiger partial charge < -0.3 is 13.4 Å². The van der Waals surface area contributed by atoms with Gasteiger partial charge in [0.1, 0.15) is 60.5 Å². The van der Waals surface area contributed by atoms with Crippen molar-refractivity contribution in [3.05, 3.63) is 78.9 Å². The molecule has 0 aliphatic carbocycles. The van der Waals surface area contributed by atoms with Crippen LogP contribution in [0.25, 0.3) is 87.5 Å². The van der Waals surface area contributed by atoms with Gasteiger partial charge in [-0.25, -0.2) is 0 Å². The Morgan fingerprint density at radius 2 is 0.957 bits per heavy atom. The van der Waals surface area contributed by atoms with Crippen LogP contribution in [0.5, 0.6) is 0 Å². The summed E-state index contributed by atoms with van der Waals surface area (Å²) in [6.45, 7) is 0. The van der Waals surface area contributed by atoms with Crippen LogP contribution in [-0.2, 0) is 0 Å². The van der Waals surface area contributed by atoms with Crippen LogP contribution in [0.1, 0.15) is 0 Å². The Labute approximate surface area is 272 Å². The number of rotatable bonds is 1. The van der Waals surface area contributed by atoms with Crippen LogP contribution in [0.15, 0.2) is 83.3 Å². The van der Waals surface area contributed by atoms with Crippen molar-refractivity contribution < 1.29 is 4.42 Å². The minimum absolute atomic E-state index is 0.142. The summed E-state index contributed by atoms with van der Waals surface area (Å²) < 4.78 is 11.0. The minimum Gasteiger partial charge on any atom is -0.455 e. The third-order valence-electron chi connectivity index (χ3n) is 9.86. The number of benzene rings is 6. The van der Waals surface area contributed by atoms with Crippen LogP contribution >= 0.6 is 0 Å². The molecule has 0 unspecified atom stereocenters. The van der Waals surface area contributed by atoms with Gasteiger partial charge in [0.15, 0.2) is 5.58 Å². The maximum absolute atomic E-state index is 6.87. The molecule has 0 amide bonds. The van der Waals surface area contributed by atoms with E-state index in [1.165, 1.54) is 27.2 Å². The molecular formula is C36H13B7N2O. The maximum atomic E-state index is 6.87. The van der Waals surface area contributed by atoms with Crippen LogP contribution < -0.4 is 38.2 Å². The standard InChI is InChI=1S/C36H13B7N2O/c37-26-24-25-27(38)29(40)31(42)34(36(25)46-35(24)32(43)30(41)28(26)39)45-19-11-4-2-7-16(19)22-20(45)12-13-21-23(22)17-9-5-8-15-14-6-1-3-10-18(14)44(21)33(15)17/h1-13H. The van der Waals surface area contributed by atoms with Gasteiger partial charge in [0.25, 0.3) is 0 Å². The number of para-hydroxylation sites is 3. The quantitative estimate of drug-likeness (QED) is 0.276. The van der Waals surface area contributed by atoms with Crippen molar-refractivity contribution in [1.82, 2.24) is 8.97 Å². The molecule has 10 heteroatoms. The van der Waals surface area contributed by atoms with Crippen LogP contribution in [0.4, 0.5) is 0 Å². The Morgan fingerprint density at radius 1 is 0.391 bits per heavy atom. The number of hydrogen-bond donors (Lipinski definition) is 0. The van der Waals surface area contributed by atoms with E-state index in [2.05, 4.69) is 75.7 Å². The topological polar surface area (TPSA) is 22.5 Å². The first-order chi connectivity index (χ1) is 22.3. The molecule has 4 heterocycles. The van der Waals surface area contributed by atoms with Gasteiger partial charge >= 0.3 is 0 Å². The molecule has 0 fully saturated rings. The SMILES string of the molecule is [B]c1c([B])c([B])c2c(oc3c(-n4c5ccccc5c5c6c7cccc8c9ccccc9n(c6ccc54)c87)c([B])c([B])c([B])c32)c1[B]. The van der Waals surface area contributed by atoms with Crippen molar-refractivity contribution in [2.45, 2.75) is 0 Å². The van der Waals surface area contributed by atoms with E-state index in [1.807, 2.05) is 12.1 Å². The fraction of sp³-hybridized carbons (Fsp3) is 0. The summed E-state index contributed by atoms with van der Waals surface area (Å²) in [4.78, 5) is 0. The lowest BCUT2D eigenvalue weighted by Crippen LogP contribution is -2.48. The van der Waals surface area contributed by atoms with E-state index in [1.54, 1.807) is 0 Å². The van der Waals surface area contributed by atoms with E-state index in [0.29, 0.717) is 22.0 Å². The van der Waals surface area contributed by atoms with E-state index in [4.69, 9.17) is 59.3 Å². The predicted octanol–water partition coefficient (Wildman–Crippen LogP) is 1.39.